The van der Waals surface area contributed by atoms with Crippen molar-refractivity contribution in [3.05, 3.63) is 20.8 Å². The maximum Gasteiger partial charge on any atom is 0.0960 e. The second-order valence-corrected chi connectivity index (χ2v) is 6.96. The molecule has 1 N–H and O–H groups in total. The van der Waals surface area contributed by atoms with Crippen LogP contribution in [0.15, 0.2) is 6.07 Å². The van der Waals surface area contributed by atoms with Crippen molar-refractivity contribution in [2.24, 2.45) is 0 Å². The van der Waals surface area contributed by atoms with Crippen molar-refractivity contribution in [3.8, 4) is 0 Å². The van der Waals surface area contributed by atoms with Gasteiger partial charge in [0.2, 0.25) is 0 Å². The summed E-state index contributed by atoms with van der Waals surface area (Å²) < 4.78 is 0.930. The minimum atomic E-state index is 0.213. The normalized spacial score (nSPS) is 12.4. The van der Waals surface area contributed by atoms with Crippen LogP contribution in [0.1, 0.15) is 44.6 Å². The van der Waals surface area contributed by atoms with E-state index in [1.54, 1.807) is 11.3 Å². The molecule has 0 saturated carbocycles. The lowest BCUT2D eigenvalue weighted by molar-refractivity contribution is 0.448. The fraction of sp³-hybridized carbons (Fsp3) is 0.692. The smallest absolute Gasteiger partial charge is 0.0960 e. The molecule has 0 amide bonds. The first-order valence-corrected chi connectivity index (χ1v) is 7.02. The largest absolute Gasteiger partial charge is 0.315 e. The number of rotatable bonds is 5. The van der Waals surface area contributed by atoms with Crippen LogP contribution in [0.3, 0.4) is 0 Å². The summed E-state index contributed by atoms with van der Waals surface area (Å²) in [4.78, 5) is 1.39. The molecule has 1 heterocycles. The van der Waals surface area contributed by atoms with E-state index in [9.17, 15) is 0 Å². The van der Waals surface area contributed by atoms with E-state index in [1.165, 1.54) is 10.4 Å². The Bertz CT molecular complexity index is 322. The van der Waals surface area contributed by atoms with Crippen molar-refractivity contribution < 1.29 is 0 Å². The summed E-state index contributed by atoms with van der Waals surface area (Å²) in [5.74, 6) is 0. The zero-order chi connectivity index (χ0) is 12.3. The average molecular weight is 260 g/mol. The molecule has 0 atom stereocenters. The quantitative estimate of drug-likeness (QED) is 0.828. The summed E-state index contributed by atoms with van der Waals surface area (Å²) in [7, 11) is 0. The molecule has 0 spiro atoms. The molecule has 0 aromatic carbocycles. The first-order chi connectivity index (χ1) is 7.33. The van der Waals surface area contributed by atoms with Gasteiger partial charge in [0.05, 0.1) is 4.34 Å². The van der Waals surface area contributed by atoms with Crippen LogP contribution >= 0.6 is 22.9 Å². The van der Waals surface area contributed by atoms with E-state index < -0.39 is 0 Å². The third-order valence-corrected chi connectivity index (χ3v) is 4.75. The number of thiophene rings is 1. The molecule has 0 bridgehead atoms. The van der Waals surface area contributed by atoms with Gasteiger partial charge in [-0.1, -0.05) is 39.3 Å². The predicted molar refractivity (Wildman–Crippen MR) is 74.8 cm³/mol. The van der Waals surface area contributed by atoms with Crippen LogP contribution in [0, 0.1) is 6.92 Å². The minimum absolute atomic E-state index is 0.213. The van der Waals surface area contributed by atoms with Gasteiger partial charge in [0.15, 0.2) is 0 Å². The van der Waals surface area contributed by atoms with Crippen LogP contribution in [0.25, 0.3) is 0 Å². The molecule has 3 heteroatoms. The monoisotopic (exact) mass is 259 g/mol. The maximum atomic E-state index is 6.12. The third kappa shape index (κ3) is 3.76. The van der Waals surface area contributed by atoms with Crippen LogP contribution in [0.4, 0.5) is 0 Å². The van der Waals surface area contributed by atoms with Gasteiger partial charge in [0.25, 0.3) is 0 Å². The van der Waals surface area contributed by atoms with Gasteiger partial charge < -0.3 is 5.32 Å². The lowest BCUT2D eigenvalue weighted by Gasteiger charge is -2.24. The van der Waals surface area contributed by atoms with E-state index in [2.05, 4.69) is 46.0 Å². The predicted octanol–water partition coefficient (Wildman–Crippen LogP) is 4.38. The summed E-state index contributed by atoms with van der Waals surface area (Å²) in [6.45, 7) is 12.1. The Morgan fingerprint density at radius 3 is 2.50 bits per heavy atom. The van der Waals surface area contributed by atoms with Crippen molar-refractivity contribution in [2.45, 2.75) is 52.5 Å². The highest BCUT2D eigenvalue weighted by Gasteiger charge is 2.23. The summed E-state index contributed by atoms with van der Waals surface area (Å²) in [5, 5.41) is 3.46. The van der Waals surface area contributed by atoms with Gasteiger partial charge in [0.1, 0.15) is 0 Å². The van der Waals surface area contributed by atoms with E-state index >= 15 is 0 Å². The average Bonchev–Trinajstić information content (AvgIpc) is 2.46. The molecule has 0 aliphatic carbocycles. The minimum Gasteiger partial charge on any atom is -0.315 e. The fourth-order valence-corrected chi connectivity index (χ4v) is 2.92. The van der Waals surface area contributed by atoms with E-state index in [1.807, 2.05) is 0 Å². The van der Waals surface area contributed by atoms with E-state index in [4.69, 9.17) is 11.6 Å². The van der Waals surface area contributed by atoms with E-state index in [-0.39, 0.29) is 5.41 Å². The zero-order valence-electron chi connectivity index (χ0n) is 10.9. The van der Waals surface area contributed by atoms with Gasteiger partial charge in [-0.25, -0.2) is 0 Å². The van der Waals surface area contributed by atoms with Crippen LogP contribution in [-0.2, 0) is 5.41 Å². The SMILES string of the molecule is Cc1cc(C(C)(C)CCNC(C)C)sc1Cl. The summed E-state index contributed by atoms with van der Waals surface area (Å²) >= 11 is 7.84. The van der Waals surface area contributed by atoms with Gasteiger partial charge in [-0.15, -0.1) is 11.3 Å². The zero-order valence-corrected chi connectivity index (χ0v) is 12.4. The molecular weight excluding hydrogens is 238 g/mol. The van der Waals surface area contributed by atoms with Crippen molar-refractivity contribution in [3.63, 3.8) is 0 Å². The topological polar surface area (TPSA) is 12.0 Å². The Balaban J connectivity index is 2.62. The maximum absolute atomic E-state index is 6.12. The number of aryl methyl sites for hydroxylation is 1. The number of halogens is 1. The number of nitrogens with one attached hydrogen (secondary N) is 1. The van der Waals surface area contributed by atoms with Gasteiger partial charge in [-0.2, -0.15) is 0 Å². The molecule has 0 saturated heterocycles. The van der Waals surface area contributed by atoms with Gasteiger partial charge >= 0.3 is 0 Å². The van der Waals surface area contributed by atoms with Crippen molar-refractivity contribution in [1.82, 2.24) is 5.32 Å². The lowest BCUT2D eigenvalue weighted by atomic mass is 9.87. The van der Waals surface area contributed by atoms with E-state index in [0.29, 0.717) is 6.04 Å². The second kappa shape index (κ2) is 5.52. The van der Waals surface area contributed by atoms with E-state index in [0.717, 1.165) is 17.3 Å². The molecule has 0 fully saturated rings. The molecule has 1 nitrogen and oxygen atoms in total. The van der Waals surface area contributed by atoms with Crippen molar-refractivity contribution in [2.75, 3.05) is 6.54 Å². The summed E-state index contributed by atoms with van der Waals surface area (Å²) in [6, 6.07) is 2.78. The first-order valence-electron chi connectivity index (χ1n) is 5.83. The van der Waals surface area contributed by atoms with Crippen LogP contribution in [-0.4, -0.2) is 12.6 Å². The second-order valence-electron chi connectivity index (χ2n) is 5.31. The molecule has 92 valence electrons. The lowest BCUT2D eigenvalue weighted by Crippen LogP contribution is -2.29. The highest BCUT2D eigenvalue weighted by atomic mass is 35.5. The van der Waals surface area contributed by atoms with Gasteiger partial charge in [-0.05, 0) is 31.5 Å². The van der Waals surface area contributed by atoms with Crippen molar-refractivity contribution in [1.29, 1.82) is 0 Å². The highest BCUT2D eigenvalue weighted by Crippen LogP contribution is 2.37. The molecule has 16 heavy (non-hydrogen) atoms. The number of hydrogen-bond acceptors (Lipinski definition) is 2. The Hall–Kier alpha value is -0.0500. The Labute approximate surface area is 108 Å². The molecule has 1 aromatic rings. The fourth-order valence-electron chi connectivity index (χ4n) is 1.59. The molecule has 0 aliphatic heterocycles. The standard InChI is InChI=1S/C13H22ClNS/c1-9(2)15-7-6-13(4,5)11-8-10(3)12(14)16-11/h8-9,15H,6-7H2,1-5H3. The summed E-state index contributed by atoms with van der Waals surface area (Å²) in [6.07, 6.45) is 1.14. The van der Waals surface area contributed by atoms with Crippen molar-refractivity contribution >= 4 is 22.9 Å². The molecule has 0 unspecified atom stereocenters. The molecule has 1 rings (SSSR count). The molecular formula is C13H22ClNS. The Morgan fingerprint density at radius 1 is 1.44 bits per heavy atom. The Morgan fingerprint density at radius 2 is 2.06 bits per heavy atom. The summed E-state index contributed by atoms with van der Waals surface area (Å²) in [5.41, 5.74) is 1.41. The van der Waals surface area contributed by atoms with Gasteiger partial charge in [0, 0.05) is 16.3 Å². The molecule has 0 aliphatic rings. The third-order valence-electron chi connectivity index (χ3n) is 2.83. The molecule has 1 aromatic heterocycles. The van der Waals surface area contributed by atoms with Gasteiger partial charge in [-0.3, -0.25) is 0 Å². The van der Waals surface area contributed by atoms with Crippen LogP contribution in [0.5, 0.6) is 0 Å². The first kappa shape index (κ1) is 14.0. The molecule has 0 radical (unpaired) electrons. The van der Waals surface area contributed by atoms with Crippen LogP contribution in [0.2, 0.25) is 4.34 Å². The number of hydrogen-bond donors (Lipinski definition) is 1. The van der Waals surface area contributed by atoms with Crippen LogP contribution < -0.4 is 5.32 Å². The highest BCUT2D eigenvalue weighted by molar-refractivity contribution is 7.16. The Kier molecular flexibility index (Phi) is 4.84.